The predicted molar refractivity (Wildman–Crippen MR) is 93.9 cm³/mol. The first-order valence-corrected chi connectivity index (χ1v) is 8.67. The number of carbonyl (C=O) groups is 2. The van der Waals surface area contributed by atoms with Crippen molar-refractivity contribution < 1.29 is 14.3 Å². The lowest BCUT2D eigenvalue weighted by Crippen LogP contribution is -2.37. The minimum absolute atomic E-state index is 0.122. The van der Waals surface area contributed by atoms with Gasteiger partial charge in [0.25, 0.3) is 0 Å². The van der Waals surface area contributed by atoms with Crippen LogP contribution >= 0.6 is 0 Å². The second-order valence-corrected chi connectivity index (χ2v) is 6.57. The van der Waals surface area contributed by atoms with Crippen molar-refractivity contribution in [2.75, 3.05) is 20.7 Å². The van der Waals surface area contributed by atoms with E-state index in [0.29, 0.717) is 19.4 Å². The highest BCUT2D eigenvalue weighted by Crippen LogP contribution is 2.28. The number of likely N-dealkylation sites (N-methyl/N-ethyl adjacent to an activating group) is 1. The number of hydrogen-bond acceptors (Lipinski definition) is 3. The van der Waals surface area contributed by atoms with Gasteiger partial charge in [-0.15, -0.1) is 0 Å². The van der Waals surface area contributed by atoms with Crippen LogP contribution in [0.4, 0.5) is 0 Å². The van der Waals surface area contributed by atoms with E-state index in [0.717, 1.165) is 25.0 Å². The third-order valence-corrected chi connectivity index (χ3v) is 4.56. The minimum atomic E-state index is 0.122. The molecule has 2 amide bonds. The van der Waals surface area contributed by atoms with Crippen molar-refractivity contribution in [3.05, 3.63) is 29.8 Å². The first-order chi connectivity index (χ1) is 11.5. The monoisotopic (exact) mass is 332 g/mol. The van der Waals surface area contributed by atoms with Crippen LogP contribution in [0.15, 0.2) is 24.3 Å². The average molecular weight is 332 g/mol. The summed E-state index contributed by atoms with van der Waals surface area (Å²) >= 11 is 0. The number of carbonyl (C=O) groups excluding carboxylic acids is 2. The largest absolute Gasteiger partial charge is 0.497 e. The van der Waals surface area contributed by atoms with E-state index in [4.69, 9.17) is 4.74 Å². The van der Waals surface area contributed by atoms with Crippen LogP contribution in [0.2, 0.25) is 0 Å². The lowest BCUT2D eigenvalue weighted by Gasteiger charge is -2.25. The fourth-order valence-corrected chi connectivity index (χ4v) is 2.60. The molecule has 1 atom stereocenters. The summed E-state index contributed by atoms with van der Waals surface area (Å²) < 4.78 is 5.16. The number of amides is 2. The number of benzene rings is 1. The summed E-state index contributed by atoms with van der Waals surface area (Å²) in [6.07, 6.45) is 3.99. The normalized spacial score (nSPS) is 14.8. The van der Waals surface area contributed by atoms with Gasteiger partial charge >= 0.3 is 0 Å². The Hall–Kier alpha value is -2.04. The van der Waals surface area contributed by atoms with Crippen molar-refractivity contribution in [1.29, 1.82) is 0 Å². The van der Waals surface area contributed by atoms with E-state index in [1.54, 1.807) is 12.0 Å². The van der Waals surface area contributed by atoms with E-state index in [1.165, 1.54) is 5.56 Å². The predicted octanol–water partition coefficient (Wildman–Crippen LogP) is 2.39. The third kappa shape index (κ3) is 5.55. The van der Waals surface area contributed by atoms with Crippen LogP contribution < -0.4 is 10.1 Å². The molecule has 0 aromatic heterocycles. The van der Waals surface area contributed by atoms with Crippen molar-refractivity contribution in [3.8, 4) is 5.75 Å². The lowest BCUT2D eigenvalue weighted by atomic mass is 10.1. The van der Waals surface area contributed by atoms with E-state index >= 15 is 0 Å². The Morgan fingerprint density at radius 1 is 1.29 bits per heavy atom. The van der Waals surface area contributed by atoms with Crippen molar-refractivity contribution in [2.45, 2.75) is 45.1 Å². The van der Waals surface area contributed by atoms with Crippen LogP contribution in [0, 0.1) is 5.92 Å². The van der Waals surface area contributed by atoms with Gasteiger partial charge in [-0.3, -0.25) is 9.59 Å². The van der Waals surface area contributed by atoms with Gasteiger partial charge in [-0.25, -0.2) is 0 Å². The maximum atomic E-state index is 12.3. The number of ether oxygens (including phenoxy) is 1. The summed E-state index contributed by atoms with van der Waals surface area (Å²) in [7, 11) is 3.50. The molecule has 1 N–H and O–H groups in total. The lowest BCUT2D eigenvalue weighted by molar-refractivity contribution is -0.132. The molecule has 2 rings (SSSR count). The maximum Gasteiger partial charge on any atom is 0.223 e. The van der Waals surface area contributed by atoms with Crippen molar-refractivity contribution in [2.24, 2.45) is 5.92 Å². The standard InChI is InChI=1S/C19H28N2O3/c1-14(13-15-6-10-17(24-3)11-7-15)21(2)18(22)5-4-12-20-19(23)16-8-9-16/h6-7,10-11,14,16H,4-5,8-9,12-13H2,1-3H3,(H,20,23)/t14-/m0/s1. The van der Waals surface area contributed by atoms with Crippen LogP contribution in [0.5, 0.6) is 5.75 Å². The molecule has 1 aliphatic rings. The van der Waals surface area contributed by atoms with Gasteiger partial charge in [0.05, 0.1) is 7.11 Å². The molecule has 132 valence electrons. The number of methoxy groups -OCH3 is 1. The number of nitrogens with one attached hydrogen (secondary N) is 1. The first-order valence-electron chi connectivity index (χ1n) is 8.67. The number of rotatable bonds is 9. The third-order valence-electron chi connectivity index (χ3n) is 4.56. The van der Waals surface area contributed by atoms with Gasteiger partial charge in [-0.2, -0.15) is 0 Å². The first kappa shape index (κ1) is 18.3. The molecule has 1 aromatic rings. The second kappa shape index (κ2) is 8.71. The van der Waals surface area contributed by atoms with Gasteiger partial charge in [0, 0.05) is 32.0 Å². The molecule has 0 bridgehead atoms. The molecule has 0 aliphatic heterocycles. The van der Waals surface area contributed by atoms with Gasteiger partial charge < -0.3 is 15.0 Å². The molecule has 24 heavy (non-hydrogen) atoms. The highest BCUT2D eigenvalue weighted by atomic mass is 16.5. The summed E-state index contributed by atoms with van der Waals surface area (Å²) in [5, 5.41) is 2.90. The Morgan fingerprint density at radius 2 is 1.96 bits per heavy atom. The fourth-order valence-electron chi connectivity index (χ4n) is 2.60. The fraction of sp³-hybridized carbons (Fsp3) is 0.579. The molecule has 1 aromatic carbocycles. The SMILES string of the molecule is COc1ccc(C[C@H](C)N(C)C(=O)CCCNC(=O)C2CC2)cc1. The Balaban J connectivity index is 1.69. The Labute approximate surface area is 144 Å². The van der Waals surface area contributed by atoms with Crippen molar-refractivity contribution >= 4 is 11.8 Å². The van der Waals surface area contributed by atoms with Crippen molar-refractivity contribution in [3.63, 3.8) is 0 Å². The van der Waals surface area contributed by atoms with E-state index in [-0.39, 0.29) is 23.8 Å². The van der Waals surface area contributed by atoms with E-state index in [1.807, 2.05) is 31.3 Å². The topological polar surface area (TPSA) is 58.6 Å². The summed E-state index contributed by atoms with van der Waals surface area (Å²) in [5.74, 6) is 1.33. The maximum absolute atomic E-state index is 12.3. The molecule has 0 saturated heterocycles. The van der Waals surface area contributed by atoms with Gasteiger partial charge in [0.15, 0.2) is 0 Å². The molecule has 1 saturated carbocycles. The van der Waals surface area contributed by atoms with Crippen LogP contribution in [0.3, 0.4) is 0 Å². The molecular weight excluding hydrogens is 304 g/mol. The molecule has 0 spiro atoms. The molecule has 0 heterocycles. The average Bonchev–Trinajstić information content (AvgIpc) is 3.43. The number of nitrogens with zero attached hydrogens (tertiary/aromatic N) is 1. The number of hydrogen-bond donors (Lipinski definition) is 1. The van der Waals surface area contributed by atoms with Crippen LogP contribution in [0.1, 0.15) is 38.2 Å². The highest BCUT2D eigenvalue weighted by Gasteiger charge is 2.29. The molecular formula is C19H28N2O3. The van der Waals surface area contributed by atoms with Crippen LogP contribution in [-0.2, 0) is 16.0 Å². The highest BCUT2D eigenvalue weighted by molar-refractivity contribution is 5.81. The second-order valence-electron chi connectivity index (χ2n) is 6.57. The minimum Gasteiger partial charge on any atom is -0.497 e. The van der Waals surface area contributed by atoms with E-state index in [9.17, 15) is 9.59 Å². The Morgan fingerprint density at radius 3 is 2.54 bits per heavy atom. The van der Waals surface area contributed by atoms with Crippen LogP contribution in [0.25, 0.3) is 0 Å². The molecule has 5 nitrogen and oxygen atoms in total. The van der Waals surface area contributed by atoms with Gasteiger partial charge in [-0.1, -0.05) is 12.1 Å². The quantitative estimate of drug-likeness (QED) is 0.707. The molecule has 5 heteroatoms. The van der Waals surface area contributed by atoms with Crippen molar-refractivity contribution in [1.82, 2.24) is 10.2 Å². The summed E-state index contributed by atoms with van der Waals surface area (Å²) in [4.78, 5) is 25.6. The zero-order valence-electron chi connectivity index (χ0n) is 14.9. The Bertz CT molecular complexity index is 552. The van der Waals surface area contributed by atoms with Gasteiger partial charge in [-0.05, 0) is 50.3 Å². The smallest absolute Gasteiger partial charge is 0.223 e. The summed E-state index contributed by atoms with van der Waals surface area (Å²) in [5.41, 5.74) is 1.18. The molecule has 1 aliphatic carbocycles. The molecule has 0 unspecified atom stereocenters. The molecule has 0 radical (unpaired) electrons. The van der Waals surface area contributed by atoms with E-state index < -0.39 is 0 Å². The zero-order valence-corrected chi connectivity index (χ0v) is 14.9. The van der Waals surface area contributed by atoms with Gasteiger partial charge in [0.2, 0.25) is 11.8 Å². The van der Waals surface area contributed by atoms with Crippen LogP contribution in [-0.4, -0.2) is 43.5 Å². The zero-order chi connectivity index (χ0) is 17.5. The molecule has 1 fully saturated rings. The Kier molecular flexibility index (Phi) is 6.64. The summed E-state index contributed by atoms with van der Waals surface area (Å²) in [6, 6.07) is 8.06. The van der Waals surface area contributed by atoms with E-state index in [2.05, 4.69) is 12.2 Å². The summed E-state index contributed by atoms with van der Waals surface area (Å²) in [6.45, 7) is 2.64. The van der Waals surface area contributed by atoms with Gasteiger partial charge in [0.1, 0.15) is 5.75 Å².